The van der Waals surface area contributed by atoms with Crippen molar-refractivity contribution < 1.29 is 9.53 Å². The first-order valence-electron chi connectivity index (χ1n) is 9.94. The van der Waals surface area contributed by atoms with E-state index in [9.17, 15) is 4.79 Å². The first-order chi connectivity index (χ1) is 13.0. The molecule has 0 unspecified atom stereocenters. The topological polar surface area (TPSA) is 93.4 Å². The van der Waals surface area contributed by atoms with Gasteiger partial charge in [-0.25, -0.2) is 9.67 Å². The van der Waals surface area contributed by atoms with Crippen molar-refractivity contribution in [3.63, 3.8) is 0 Å². The minimum absolute atomic E-state index is 0.0588. The van der Waals surface area contributed by atoms with E-state index in [0.717, 1.165) is 19.0 Å². The molecule has 0 saturated heterocycles. The molecule has 0 atom stereocenters. The van der Waals surface area contributed by atoms with Crippen LogP contribution in [0.15, 0.2) is 11.2 Å². The maximum absolute atomic E-state index is 11.3. The van der Waals surface area contributed by atoms with Crippen LogP contribution in [0.2, 0.25) is 0 Å². The Bertz CT molecular complexity index is 619. The number of ether oxygens (including phenoxy) is 1. The second-order valence-corrected chi connectivity index (χ2v) is 7.84. The fourth-order valence-electron chi connectivity index (χ4n) is 3.90. The number of hydrogen-bond acceptors (Lipinski definition) is 5. The van der Waals surface area contributed by atoms with Gasteiger partial charge in [0, 0.05) is 13.1 Å². The molecule has 0 aromatic carbocycles. The van der Waals surface area contributed by atoms with Gasteiger partial charge in [-0.1, -0.05) is 31.9 Å². The minimum Gasteiger partial charge on any atom is -0.468 e. The number of hydrogen-bond donors (Lipinski definition) is 2. The molecule has 1 aromatic rings. The molecule has 1 heterocycles. The van der Waals surface area contributed by atoms with Gasteiger partial charge in [0.1, 0.15) is 12.2 Å². The molecule has 1 aliphatic rings. The van der Waals surface area contributed by atoms with Crippen LogP contribution in [0.25, 0.3) is 0 Å². The van der Waals surface area contributed by atoms with Crippen molar-refractivity contribution in [3.05, 3.63) is 11.9 Å². The predicted molar refractivity (Wildman–Crippen MR) is 105 cm³/mol. The molecule has 27 heavy (non-hydrogen) atoms. The molecule has 1 fully saturated rings. The Kier molecular flexibility index (Phi) is 8.06. The number of carbonyl (C=O) groups is 1. The van der Waals surface area contributed by atoms with Crippen molar-refractivity contribution >= 4 is 11.9 Å². The fourth-order valence-corrected chi connectivity index (χ4v) is 3.90. The van der Waals surface area contributed by atoms with Crippen LogP contribution in [0.5, 0.6) is 0 Å². The summed E-state index contributed by atoms with van der Waals surface area (Å²) in [4.78, 5) is 15.9. The maximum Gasteiger partial charge on any atom is 0.327 e. The number of esters is 1. The van der Waals surface area contributed by atoms with E-state index in [0.29, 0.717) is 23.6 Å². The first kappa shape index (κ1) is 21.2. The Morgan fingerprint density at radius 3 is 2.74 bits per heavy atom. The fraction of sp³-hybridized carbons (Fsp3) is 0.789. The molecule has 2 rings (SSSR count). The first-order valence-corrected chi connectivity index (χ1v) is 9.94. The Hall–Kier alpha value is -2.12. The van der Waals surface area contributed by atoms with Crippen LogP contribution in [0.4, 0.5) is 0 Å². The summed E-state index contributed by atoms with van der Waals surface area (Å²) in [5.74, 6) is 1.15. The molecule has 0 radical (unpaired) electrons. The summed E-state index contributed by atoms with van der Waals surface area (Å²) in [7, 11) is 1.36. The summed E-state index contributed by atoms with van der Waals surface area (Å²) in [6.45, 7) is 8.89. The molecular formula is C19H34N6O2. The largest absolute Gasteiger partial charge is 0.468 e. The van der Waals surface area contributed by atoms with Gasteiger partial charge < -0.3 is 15.4 Å². The number of nitrogens with zero attached hydrogens (tertiary/aromatic N) is 4. The summed E-state index contributed by atoms with van der Waals surface area (Å²) < 4.78 is 6.10. The molecule has 8 nitrogen and oxygen atoms in total. The standard InChI is InChI=1S/C19H34N6O2/c1-5-20-18(22-14-19(10-15(2)3)8-6-7-9-19)21-11-16-12-25(24-23-16)13-17(26)27-4/h12,15H,5-11,13-14H2,1-4H3,(H2,20,21,22). The molecule has 0 aliphatic heterocycles. The van der Waals surface area contributed by atoms with E-state index < -0.39 is 0 Å². The van der Waals surface area contributed by atoms with Gasteiger partial charge in [-0.05, 0) is 37.5 Å². The predicted octanol–water partition coefficient (Wildman–Crippen LogP) is 2.11. The molecular weight excluding hydrogens is 344 g/mol. The Labute approximate surface area is 162 Å². The third-order valence-corrected chi connectivity index (χ3v) is 4.98. The monoisotopic (exact) mass is 378 g/mol. The summed E-state index contributed by atoms with van der Waals surface area (Å²) >= 11 is 0. The highest BCUT2D eigenvalue weighted by Gasteiger charge is 2.34. The van der Waals surface area contributed by atoms with Gasteiger partial charge in [-0.2, -0.15) is 0 Å². The second kappa shape index (κ2) is 10.3. The molecule has 1 saturated carbocycles. The highest BCUT2D eigenvalue weighted by molar-refractivity contribution is 5.79. The third kappa shape index (κ3) is 6.84. The van der Waals surface area contributed by atoms with E-state index in [1.807, 2.05) is 0 Å². The lowest BCUT2D eigenvalue weighted by Gasteiger charge is -2.31. The Morgan fingerprint density at radius 2 is 2.11 bits per heavy atom. The van der Waals surface area contributed by atoms with Gasteiger partial charge in [0.25, 0.3) is 0 Å². The molecule has 8 heteroatoms. The van der Waals surface area contributed by atoms with E-state index in [4.69, 9.17) is 0 Å². The quantitative estimate of drug-likeness (QED) is 0.388. The maximum atomic E-state index is 11.3. The molecule has 0 spiro atoms. The Morgan fingerprint density at radius 1 is 1.37 bits per heavy atom. The van der Waals surface area contributed by atoms with Crippen LogP contribution >= 0.6 is 0 Å². The van der Waals surface area contributed by atoms with Crippen molar-refractivity contribution in [3.8, 4) is 0 Å². The normalized spacial score (nSPS) is 16.6. The molecule has 152 valence electrons. The zero-order chi connectivity index (χ0) is 19.7. The van der Waals surface area contributed by atoms with Gasteiger partial charge in [-0.15, -0.1) is 5.10 Å². The van der Waals surface area contributed by atoms with Crippen LogP contribution in [0.1, 0.15) is 58.6 Å². The van der Waals surface area contributed by atoms with Crippen LogP contribution in [0.3, 0.4) is 0 Å². The zero-order valence-electron chi connectivity index (χ0n) is 17.1. The summed E-state index contributed by atoms with van der Waals surface area (Å²) in [6.07, 6.45) is 8.21. The number of guanidine groups is 1. The van der Waals surface area contributed by atoms with Gasteiger partial charge in [0.2, 0.25) is 0 Å². The average Bonchev–Trinajstić information content (AvgIpc) is 3.27. The summed E-state index contributed by atoms with van der Waals surface area (Å²) in [6, 6.07) is 0. The third-order valence-electron chi connectivity index (χ3n) is 4.98. The lowest BCUT2D eigenvalue weighted by molar-refractivity contribution is -0.141. The number of aromatic nitrogens is 3. The van der Waals surface area contributed by atoms with Crippen LogP contribution in [0, 0.1) is 11.3 Å². The molecule has 2 N–H and O–H groups in total. The van der Waals surface area contributed by atoms with Crippen molar-refractivity contribution in [1.29, 1.82) is 0 Å². The number of aliphatic imine (C=N–C) groups is 1. The second-order valence-electron chi connectivity index (χ2n) is 7.84. The summed E-state index contributed by atoms with van der Waals surface area (Å²) in [5, 5.41) is 14.8. The molecule has 1 aliphatic carbocycles. The van der Waals surface area contributed by atoms with Gasteiger partial charge in [0.05, 0.1) is 19.9 Å². The van der Waals surface area contributed by atoms with Crippen LogP contribution in [-0.4, -0.2) is 47.1 Å². The van der Waals surface area contributed by atoms with E-state index >= 15 is 0 Å². The highest BCUT2D eigenvalue weighted by Crippen LogP contribution is 2.42. The molecule has 1 aromatic heterocycles. The lowest BCUT2D eigenvalue weighted by atomic mass is 9.78. The molecule has 0 bridgehead atoms. The number of nitrogens with one attached hydrogen (secondary N) is 2. The zero-order valence-corrected chi connectivity index (χ0v) is 17.1. The van der Waals surface area contributed by atoms with Gasteiger partial charge >= 0.3 is 5.97 Å². The van der Waals surface area contributed by atoms with E-state index in [-0.39, 0.29) is 12.5 Å². The lowest BCUT2D eigenvalue weighted by Crippen LogP contribution is -2.43. The smallest absolute Gasteiger partial charge is 0.327 e. The number of carbonyl (C=O) groups excluding carboxylic acids is 1. The van der Waals surface area contributed by atoms with Crippen molar-refractivity contribution in [2.75, 3.05) is 20.2 Å². The van der Waals surface area contributed by atoms with Gasteiger partial charge in [0.15, 0.2) is 5.96 Å². The molecule has 0 amide bonds. The SMILES string of the molecule is CCNC(=NCc1cn(CC(=O)OC)nn1)NCC1(CC(C)C)CCCC1. The Balaban J connectivity index is 1.94. The van der Waals surface area contributed by atoms with Crippen molar-refractivity contribution in [2.24, 2.45) is 16.3 Å². The minimum atomic E-state index is -0.350. The van der Waals surface area contributed by atoms with E-state index in [1.165, 1.54) is 43.9 Å². The number of rotatable bonds is 9. The van der Waals surface area contributed by atoms with E-state index in [2.05, 4.69) is 51.4 Å². The average molecular weight is 379 g/mol. The number of methoxy groups -OCH3 is 1. The van der Waals surface area contributed by atoms with Gasteiger partial charge in [-0.3, -0.25) is 4.79 Å². The summed E-state index contributed by atoms with van der Waals surface area (Å²) in [5.41, 5.74) is 1.10. The van der Waals surface area contributed by atoms with E-state index in [1.54, 1.807) is 6.20 Å². The van der Waals surface area contributed by atoms with Crippen molar-refractivity contribution in [2.45, 2.75) is 66.0 Å². The van der Waals surface area contributed by atoms with Crippen molar-refractivity contribution in [1.82, 2.24) is 25.6 Å². The van der Waals surface area contributed by atoms with Crippen LogP contribution < -0.4 is 10.6 Å². The highest BCUT2D eigenvalue weighted by atomic mass is 16.5. The van der Waals surface area contributed by atoms with Crippen LogP contribution in [-0.2, 0) is 22.6 Å².